The fourth-order valence-corrected chi connectivity index (χ4v) is 2.29. The van der Waals surface area contributed by atoms with Crippen LogP contribution in [0.2, 0.25) is 0 Å². The lowest BCUT2D eigenvalue weighted by Gasteiger charge is -2.34. The standard InChI is InChI=1S/C10H17N3OS/c1-8(11)10-5-13(2-3-14-10)4-9-6-15-7-12-9/h6-8,10H,2-5,11H2,1H3. The zero-order valence-electron chi connectivity index (χ0n) is 8.93. The summed E-state index contributed by atoms with van der Waals surface area (Å²) in [6, 6.07) is 0.100. The van der Waals surface area contributed by atoms with E-state index in [4.69, 9.17) is 10.5 Å². The molecule has 0 saturated carbocycles. The molecule has 0 spiro atoms. The van der Waals surface area contributed by atoms with Crippen LogP contribution in [0.1, 0.15) is 12.6 Å². The van der Waals surface area contributed by atoms with Gasteiger partial charge in [-0.15, -0.1) is 11.3 Å². The molecular formula is C10H17N3OS. The summed E-state index contributed by atoms with van der Waals surface area (Å²) in [7, 11) is 0. The lowest BCUT2D eigenvalue weighted by molar-refractivity contribution is -0.0406. The minimum Gasteiger partial charge on any atom is -0.374 e. The zero-order chi connectivity index (χ0) is 10.7. The Kier molecular flexibility index (Phi) is 3.69. The number of hydrogen-bond acceptors (Lipinski definition) is 5. The minimum absolute atomic E-state index is 0.100. The summed E-state index contributed by atoms with van der Waals surface area (Å²) in [6.07, 6.45) is 0.164. The number of nitrogens with two attached hydrogens (primary N) is 1. The van der Waals surface area contributed by atoms with Gasteiger partial charge in [0.2, 0.25) is 0 Å². The van der Waals surface area contributed by atoms with Crippen molar-refractivity contribution in [1.82, 2.24) is 9.88 Å². The fourth-order valence-electron chi connectivity index (χ4n) is 1.74. The van der Waals surface area contributed by atoms with E-state index in [1.54, 1.807) is 11.3 Å². The number of thiazole rings is 1. The molecule has 0 radical (unpaired) electrons. The molecule has 1 aromatic rings. The second-order valence-electron chi connectivity index (χ2n) is 3.98. The van der Waals surface area contributed by atoms with Crippen LogP contribution in [0.5, 0.6) is 0 Å². The molecule has 2 unspecified atom stereocenters. The topological polar surface area (TPSA) is 51.4 Å². The molecule has 84 valence electrons. The van der Waals surface area contributed by atoms with Crippen molar-refractivity contribution in [2.75, 3.05) is 19.7 Å². The summed E-state index contributed by atoms with van der Waals surface area (Å²) in [4.78, 5) is 6.64. The van der Waals surface area contributed by atoms with Crippen LogP contribution in [0.3, 0.4) is 0 Å². The van der Waals surface area contributed by atoms with E-state index in [9.17, 15) is 0 Å². The predicted octanol–water partition coefficient (Wildman–Crippen LogP) is 0.691. The third-order valence-electron chi connectivity index (χ3n) is 2.63. The highest BCUT2D eigenvalue weighted by molar-refractivity contribution is 7.07. The highest BCUT2D eigenvalue weighted by Crippen LogP contribution is 2.11. The average molecular weight is 227 g/mol. The Balaban J connectivity index is 1.88. The number of morpholine rings is 1. The summed E-state index contributed by atoms with van der Waals surface area (Å²) < 4.78 is 5.60. The molecule has 0 aromatic carbocycles. The first-order valence-electron chi connectivity index (χ1n) is 5.22. The van der Waals surface area contributed by atoms with Gasteiger partial charge in [0, 0.05) is 31.1 Å². The second kappa shape index (κ2) is 5.03. The van der Waals surface area contributed by atoms with Gasteiger partial charge < -0.3 is 10.5 Å². The first-order valence-corrected chi connectivity index (χ1v) is 6.16. The van der Waals surface area contributed by atoms with Crippen LogP contribution in [-0.4, -0.2) is 41.7 Å². The van der Waals surface area contributed by atoms with Crippen LogP contribution in [-0.2, 0) is 11.3 Å². The lowest BCUT2D eigenvalue weighted by Crippen LogP contribution is -2.49. The van der Waals surface area contributed by atoms with Gasteiger partial charge in [-0.2, -0.15) is 0 Å². The maximum absolute atomic E-state index is 5.84. The van der Waals surface area contributed by atoms with Crippen molar-refractivity contribution in [2.24, 2.45) is 5.73 Å². The van der Waals surface area contributed by atoms with Crippen molar-refractivity contribution < 1.29 is 4.74 Å². The maximum atomic E-state index is 5.84. The number of ether oxygens (including phenoxy) is 1. The molecule has 2 heterocycles. The maximum Gasteiger partial charge on any atom is 0.0850 e. The number of nitrogens with zero attached hydrogens (tertiary/aromatic N) is 2. The van der Waals surface area contributed by atoms with Crippen molar-refractivity contribution in [3.63, 3.8) is 0 Å². The van der Waals surface area contributed by atoms with E-state index < -0.39 is 0 Å². The monoisotopic (exact) mass is 227 g/mol. The molecule has 2 rings (SSSR count). The molecule has 1 aliphatic heterocycles. The van der Waals surface area contributed by atoms with Crippen LogP contribution in [0.4, 0.5) is 0 Å². The third-order valence-corrected chi connectivity index (χ3v) is 3.27. The van der Waals surface area contributed by atoms with Crippen LogP contribution >= 0.6 is 11.3 Å². The van der Waals surface area contributed by atoms with Gasteiger partial charge in [0.05, 0.1) is 23.9 Å². The van der Waals surface area contributed by atoms with Gasteiger partial charge in [-0.3, -0.25) is 4.90 Å². The molecule has 2 N–H and O–H groups in total. The van der Waals surface area contributed by atoms with Crippen molar-refractivity contribution >= 4 is 11.3 Å². The minimum atomic E-state index is 0.100. The Morgan fingerprint density at radius 3 is 3.33 bits per heavy atom. The number of aromatic nitrogens is 1. The van der Waals surface area contributed by atoms with Gasteiger partial charge in [-0.25, -0.2) is 4.98 Å². The average Bonchev–Trinajstić information content (AvgIpc) is 2.71. The quantitative estimate of drug-likeness (QED) is 0.825. The van der Waals surface area contributed by atoms with E-state index >= 15 is 0 Å². The molecule has 1 fully saturated rings. The number of hydrogen-bond donors (Lipinski definition) is 1. The molecule has 1 saturated heterocycles. The van der Waals surface area contributed by atoms with E-state index in [-0.39, 0.29) is 12.1 Å². The molecule has 5 heteroatoms. The van der Waals surface area contributed by atoms with Crippen molar-refractivity contribution in [3.8, 4) is 0 Å². The highest BCUT2D eigenvalue weighted by Gasteiger charge is 2.23. The Morgan fingerprint density at radius 1 is 1.80 bits per heavy atom. The summed E-state index contributed by atoms with van der Waals surface area (Å²) >= 11 is 1.64. The Morgan fingerprint density at radius 2 is 2.67 bits per heavy atom. The molecular weight excluding hydrogens is 210 g/mol. The van der Waals surface area contributed by atoms with Gasteiger partial charge in [-0.05, 0) is 6.92 Å². The van der Waals surface area contributed by atoms with E-state index in [0.717, 1.165) is 31.9 Å². The molecule has 0 bridgehead atoms. The summed E-state index contributed by atoms with van der Waals surface area (Å²) in [6.45, 7) is 5.57. The van der Waals surface area contributed by atoms with Gasteiger partial charge in [0.15, 0.2) is 0 Å². The molecule has 15 heavy (non-hydrogen) atoms. The predicted molar refractivity (Wildman–Crippen MR) is 60.8 cm³/mol. The summed E-state index contributed by atoms with van der Waals surface area (Å²) in [5.74, 6) is 0. The smallest absolute Gasteiger partial charge is 0.0850 e. The van der Waals surface area contributed by atoms with E-state index in [1.807, 2.05) is 12.4 Å². The van der Waals surface area contributed by atoms with Gasteiger partial charge in [-0.1, -0.05) is 0 Å². The molecule has 0 amide bonds. The van der Waals surface area contributed by atoms with Gasteiger partial charge in [0.25, 0.3) is 0 Å². The molecule has 1 aliphatic rings. The van der Waals surface area contributed by atoms with E-state index in [2.05, 4.69) is 15.3 Å². The van der Waals surface area contributed by atoms with Gasteiger partial charge >= 0.3 is 0 Å². The molecule has 0 aliphatic carbocycles. The Hall–Kier alpha value is -0.490. The second-order valence-corrected chi connectivity index (χ2v) is 4.70. The lowest BCUT2D eigenvalue weighted by atomic mass is 10.1. The van der Waals surface area contributed by atoms with Gasteiger partial charge in [0.1, 0.15) is 0 Å². The molecule has 1 aromatic heterocycles. The summed E-state index contributed by atoms with van der Waals surface area (Å²) in [5, 5.41) is 2.09. The van der Waals surface area contributed by atoms with Crippen LogP contribution in [0, 0.1) is 0 Å². The zero-order valence-corrected chi connectivity index (χ0v) is 9.74. The van der Waals surface area contributed by atoms with E-state index in [0.29, 0.717) is 0 Å². The van der Waals surface area contributed by atoms with Crippen molar-refractivity contribution in [2.45, 2.75) is 25.6 Å². The first-order chi connectivity index (χ1) is 7.25. The Bertz CT molecular complexity index is 289. The Labute approximate surface area is 94.1 Å². The highest BCUT2D eigenvalue weighted by atomic mass is 32.1. The van der Waals surface area contributed by atoms with E-state index in [1.165, 1.54) is 0 Å². The van der Waals surface area contributed by atoms with Crippen molar-refractivity contribution in [1.29, 1.82) is 0 Å². The van der Waals surface area contributed by atoms with Crippen LogP contribution < -0.4 is 5.73 Å². The van der Waals surface area contributed by atoms with Crippen LogP contribution in [0.15, 0.2) is 10.9 Å². The number of rotatable bonds is 3. The fraction of sp³-hybridized carbons (Fsp3) is 0.700. The largest absolute Gasteiger partial charge is 0.374 e. The first kappa shape index (κ1) is 11.0. The molecule has 2 atom stereocenters. The normalized spacial score (nSPS) is 25.3. The molecule has 4 nitrogen and oxygen atoms in total. The third kappa shape index (κ3) is 2.98. The van der Waals surface area contributed by atoms with Crippen molar-refractivity contribution in [3.05, 3.63) is 16.6 Å². The van der Waals surface area contributed by atoms with Crippen LogP contribution in [0.25, 0.3) is 0 Å². The summed E-state index contributed by atoms with van der Waals surface area (Å²) in [5.41, 5.74) is 8.86. The SMILES string of the molecule is CC(N)C1CN(Cc2cscn2)CCO1.